The zero-order chi connectivity index (χ0) is 15.9. The lowest BCUT2D eigenvalue weighted by atomic mass is 10.1. The van der Waals surface area contributed by atoms with Gasteiger partial charge in [0.25, 0.3) is 0 Å². The first-order valence-corrected chi connectivity index (χ1v) is 8.62. The molecule has 6 nitrogen and oxygen atoms in total. The van der Waals surface area contributed by atoms with Crippen LogP contribution in [-0.2, 0) is 10.0 Å². The molecule has 1 N–H and O–H groups in total. The van der Waals surface area contributed by atoms with E-state index in [0.29, 0.717) is 24.5 Å². The van der Waals surface area contributed by atoms with E-state index in [0.717, 1.165) is 11.3 Å². The van der Waals surface area contributed by atoms with E-state index < -0.39 is 10.0 Å². The standard InChI is InChI=1S/C15H19N3O3S/c1-10-15(11(2)17-16-10)22(19,20)18-8-9-21-14-7-5-4-6-13(14)12(18)3/h4-7,12H,8-9H2,1-3H3,(H,16,17). The Morgan fingerprint density at radius 3 is 2.73 bits per heavy atom. The van der Waals surface area contributed by atoms with Gasteiger partial charge in [0.1, 0.15) is 17.3 Å². The second-order valence-electron chi connectivity index (χ2n) is 5.44. The van der Waals surface area contributed by atoms with Crippen molar-refractivity contribution in [3.8, 4) is 5.75 Å². The molecule has 0 saturated heterocycles. The molecule has 118 valence electrons. The summed E-state index contributed by atoms with van der Waals surface area (Å²) in [5.41, 5.74) is 1.92. The van der Waals surface area contributed by atoms with Crippen molar-refractivity contribution in [3.63, 3.8) is 0 Å². The molecule has 7 heteroatoms. The fourth-order valence-corrected chi connectivity index (χ4v) is 4.85. The van der Waals surface area contributed by atoms with Crippen LogP contribution < -0.4 is 4.74 Å². The van der Waals surface area contributed by atoms with Crippen molar-refractivity contribution in [1.29, 1.82) is 0 Å². The maximum atomic E-state index is 13.1. The summed E-state index contributed by atoms with van der Waals surface area (Å²) in [6.45, 7) is 5.94. The lowest BCUT2D eigenvalue weighted by Crippen LogP contribution is -2.35. The van der Waals surface area contributed by atoms with Crippen molar-refractivity contribution in [2.24, 2.45) is 0 Å². The molecule has 0 spiro atoms. The summed E-state index contributed by atoms with van der Waals surface area (Å²) in [7, 11) is -3.64. The Morgan fingerprint density at radius 1 is 1.32 bits per heavy atom. The van der Waals surface area contributed by atoms with Crippen molar-refractivity contribution in [2.75, 3.05) is 13.2 Å². The molecule has 0 fully saturated rings. The zero-order valence-electron chi connectivity index (χ0n) is 12.8. The van der Waals surface area contributed by atoms with Gasteiger partial charge >= 0.3 is 0 Å². The summed E-state index contributed by atoms with van der Waals surface area (Å²) in [5.74, 6) is 0.744. The summed E-state index contributed by atoms with van der Waals surface area (Å²) < 4.78 is 33.3. The molecule has 0 aliphatic carbocycles. The Bertz CT molecular complexity index is 779. The number of H-pyrrole nitrogens is 1. The van der Waals surface area contributed by atoms with Crippen LogP contribution in [0.4, 0.5) is 0 Å². The highest BCUT2D eigenvalue weighted by Gasteiger charge is 2.35. The first-order valence-electron chi connectivity index (χ1n) is 7.18. The van der Waals surface area contributed by atoms with Crippen molar-refractivity contribution in [3.05, 3.63) is 41.2 Å². The Balaban J connectivity index is 2.08. The van der Waals surface area contributed by atoms with Gasteiger partial charge in [-0.2, -0.15) is 9.40 Å². The zero-order valence-corrected chi connectivity index (χ0v) is 13.6. The molecule has 1 unspecified atom stereocenters. The summed E-state index contributed by atoms with van der Waals surface area (Å²) in [6.07, 6.45) is 0. The number of nitrogens with zero attached hydrogens (tertiary/aromatic N) is 2. The van der Waals surface area contributed by atoms with E-state index in [1.807, 2.05) is 31.2 Å². The number of aryl methyl sites for hydroxylation is 2. The lowest BCUT2D eigenvalue weighted by molar-refractivity contribution is 0.278. The Hall–Kier alpha value is -1.86. The Kier molecular flexibility index (Phi) is 3.70. The third kappa shape index (κ3) is 2.30. The van der Waals surface area contributed by atoms with Crippen molar-refractivity contribution < 1.29 is 13.2 Å². The van der Waals surface area contributed by atoms with E-state index >= 15 is 0 Å². The number of nitrogens with one attached hydrogen (secondary N) is 1. The van der Waals surface area contributed by atoms with Crippen molar-refractivity contribution >= 4 is 10.0 Å². The maximum absolute atomic E-state index is 13.1. The predicted molar refractivity (Wildman–Crippen MR) is 82.3 cm³/mol. The van der Waals surface area contributed by atoms with E-state index in [1.54, 1.807) is 13.8 Å². The highest BCUT2D eigenvalue weighted by Crippen LogP contribution is 2.35. The van der Waals surface area contributed by atoms with Crippen LogP contribution in [0, 0.1) is 13.8 Å². The van der Waals surface area contributed by atoms with E-state index in [2.05, 4.69) is 10.2 Å². The number of ether oxygens (including phenoxy) is 1. The number of aromatic amines is 1. The van der Waals surface area contributed by atoms with Gasteiger partial charge in [0.15, 0.2) is 0 Å². The van der Waals surface area contributed by atoms with Gasteiger partial charge in [-0.15, -0.1) is 0 Å². The molecule has 1 aliphatic heterocycles. The molecule has 2 heterocycles. The third-order valence-electron chi connectivity index (χ3n) is 4.00. The van der Waals surface area contributed by atoms with E-state index in [-0.39, 0.29) is 10.9 Å². The molecule has 0 radical (unpaired) electrons. The number of sulfonamides is 1. The Labute approximate surface area is 130 Å². The molecule has 0 bridgehead atoms. The first-order chi connectivity index (χ1) is 10.4. The number of para-hydroxylation sites is 1. The van der Waals surface area contributed by atoms with Crippen LogP contribution in [0.2, 0.25) is 0 Å². The molecule has 1 atom stereocenters. The predicted octanol–water partition coefficient (Wildman–Crippen LogP) is 2.17. The smallest absolute Gasteiger partial charge is 0.247 e. The van der Waals surface area contributed by atoms with Gasteiger partial charge in [-0.25, -0.2) is 8.42 Å². The summed E-state index contributed by atoms with van der Waals surface area (Å²) in [5, 5.41) is 6.75. The molecular weight excluding hydrogens is 302 g/mol. The minimum atomic E-state index is -3.64. The highest BCUT2D eigenvalue weighted by atomic mass is 32.2. The van der Waals surface area contributed by atoms with Crippen LogP contribution >= 0.6 is 0 Å². The van der Waals surface area contributed by atoms with E-state index in [4.69, 9.17) is 4.74 Å². The van der Waals surface area contributed by atoms with Crippen LogP contribution in [0.3, 0.4) is 0 Å². The SMILES string of the molecule is Cc1n[nH]c(C)c1S(=O)(=O)N1CCOc2ccccc2C1C. The van der Waals surface area contributed by atoms with Gasteiger partial charge in [-0.05, 0) is 26.8 Å². The van der Waals surface area contributed by atoms with Crippen molar-refractivity contribution in [2.45, 2.75) is 31.7 Å². The van der Waals surface area contributed by atoms with E-state index in [1.165, 1.54) is 4.31 Å². The number of hydrogen-bond acceptors (Lipinski definition) is 4. The molecule has 3 rings (SSSR count). The number of rotatable bonds is 2. The lowest BCUT2D eigenvalue weighted by Gasteiger charge is -2.26. The van der Waals surface area contributed by atoms with Gasteiger partial charge < -0.3 is 4.74 Å². The van der Waals surface area contributed by atoms with Crippen LogP contribution in [0.5, 0.6) is 5.75 Å². The highest BCUT2D eigenvalue weighted by molar-refractivity contribution is 7.89. The average Bonchev–Trinajstić information content (AvgIpc) is 2.73. The number of aromatic nitrogens is 2. The molecule has 2 aromatic rings. The fourth-order valence-electron chi connectivity index (χ4n) is 2.92. The van der Waals surface area contributed by atoms with Gasteiger partial charge in [0.05, 0.1) is 17.4 Å². The molecule has 0 saturated carbocycles. The van der Waals surface area contributed by atoms with Gasteiger partial charge in [0.2, 0.25) is 10.0 Å². The van der Waals surface area contributed by atoms with Gasteiger partial charge in [0, 0.05) is 12.1 Å². The number of fused-ring (bicyclic) bond motifs is 1. The maximum Gasteiger partial charge on any atom is 0.247 e. The van der Waals surface area contributed by atoms with Gasteiger partial charge in [-0.1, -0.05) is 18.2 Å². The monoisotopic (exact) mass is 321 g/mol. The molecule has 0 amide bonds. The third-order valence-corrected chi connectivity index (χ3v) is 6.23. The topological polar surface area (TPSA) is 75.3 Å². The number of benzene rings is 1. The summed E-state index contributed by atoms with van der Waals surface area (Å²) >= 11 is 0. The molecule has 1 aromatic heterocycles. The first kappa shape index (κ1) is 15.1. The molecular formula is C15H19N3O3S. The largest absolute Gasteiger partial charge is 0.492 e. The normalized spacial score (nSPS) is 19.3. The number of hydrogen-bond donors (Lipinski definition) is 1. The summed E-state index contributed by atoms with van der Waals surface area (Å²) in [6, 6.07) is 7.26. The van der Waals surface area contributed by atoms with Crippen LogP contribution in [0.1, 0.15) is 29.9 Å². The van der Waals surface area contributed by atoms with E-state index in [9.17, 15) is 8.42 Å². The minimum absolute atomic E-state index is 0.263. The van der Waals surface area contributed by atoms with Crippen LogP contribution in [0.15, 0.2) is 29.2 Å². The van der Waals surface area contributed by atoms with Crippen LogP contribution in [0.25, 0.3) is 0 Å². The molecule has 1 aliphatic rings. The average molecular weight is 321 g/mol. The van der Waals surface area contributed by atoms with Crippen LogP contribution in [-0.4, -0.2) is 36.1 Å². The minimum Gasteiger partial charge on any atom is -0.492 e. The second-order valence-corrected chi connectivity index (χ2v) is 7.27. The second kappa shape index (κ2) is 5.40. The quantitative estimate of drug-likeness (QED) is 0.920. The molecule has 22 heavy (non-hydrogen) atoms. The Morgan fingerprint density at radius 2 is 2.05 bits per heavy atom. The fraction of sp³-hybridized carbons (Fsp3) is 0.400. The van der Waals surface area contributed by atoms with Gasteiger partial charge in [-0.3, -0.25) is 5.10 Å². The summed E-state index contributed by atoms with van der Waals surface area (Å²) in [4.78, 5) is 0.263. The van der Waals surface area contributed by atoms with Crippen molar-refractivity contribution in [1.82, 2.24) is 14.5 Å². The molecule has 1 aromatic carbocycles.